The number of hydroxylamine groups is 1. The van der Waals surface area contributed by atoms with Gasteiger partial charge in [-0.15, -0.1) is 5.06 Å². The van der Waals surface area contributed by atoms with Gasteiger partial charge in [0.2, 0.25) is 0 Å². The highest BCUT2D eigenvalue weighted by Gasteiger charge is 2.43. The van der Waals surface area contributed by atoms with Gasteiger partial charge in [-0.3, -0.25) is 0 Å². The van der Waals surface area contributed by atoms with Crippen LogP contribution in [0.2, 0.25) is 0 Å². The molecular weight excluding hydrogens is 483 g/mol. The molecule has 0 aliphatic rings. The third-order valence-corrected chi connectivity index (χ3v) is 4.70. The van der Waals surface area contributed by atoms with E-state index in [1.54, 1.807) is 26.0 Å². The number of carbonyl (C=O) groups excluding carboxylic acids is 2. The standard InChI is InChI=1S/C24H30F3N3O6/c1-16(2)29-23(34)30(36-22(33)24(25,26)27)19-10-8-17(9-11-19)12-18(14-31)28-13-20(32)15-35-21-6-4-3-5-7-21/h3-11,16,18,20,28,31-32H,12-15H2,1-2H3,(H,29,34)/t18-,20-/m0/s1. The van der Waals surface area contributed by atoms with Crippen molar-refractivity contribution in [1.29, 1.82) is 0 Å². The van der Waals surface area contributed by atoms with Crippen LogP contribution < -0.4 is 20.4 Å². The van der Waals surface area contributed by atoms with Crippen LogP contribution in [0.25, 0.3) is 0 Å². The Bertz CT molecular complexity index is 958. The fourth-order valence-corrected chi connectivity index (χ4v) is 2.98. The number of nitrogens with zero attached hydrogens (tertiary/aromatic N) is 1. The van der Waals surface area contributed by atoms with Crippen LogP contribution in [0, 0.1) is 0 Å². The summed E-state index contributed by atoms with van der Waals surface area (Å²) >= 11 is 0. The van der Waals surface area contributed by atoms with Crippen LogP contribution in [-0.2, 0) is 16.1 Å². The number of urea groups is 1. The number of aliphatic hydroxyl groups is 2. The number of anilines is 1. The molecule has 12 heteroatoms. The molecular formula is C24H30F3N3O6. The Hall–Kier alpha value is -3.35. The van der Waals surface area contributed by atoms with E-state index < -0.39 is 36.4 Å². The highest BCUT2D eigenvalue weighted by Crippen LogP contribution is 2.22. The average Bonchev–Trinajstić information content (AvgIpc) is 2.83. The molecule has 0 aliphatic carbocycles. The highest BCUT2D eigenvalue weighted by atomic mass is 19.4. The number of ether oxygens (including phenoxy) is 1. The zero-order valence-electron chi connectivity index (χ0n) is 19.9. The second-order valence-corrected chi connectivity index (χ2v) is 8.21. The molecule has 2 aromatic carbocycles. The van der Waals surface area contributed by atoms with Crippen LogP contribution in [-0.4, -0.2) is 66.3 Å². The molecule has 0 saturated heterocycles. The fourth-order valence-electron chi connectivity index (χ4n) is 2.98. The first-order valence-electron chi connectivity index (χ1n) is 11.2. The van der Waals surface area contributed by atoms with E-state index in [2.05, 4.69) is 15.5 Å². The lowest BCUT2D eigenvalue weighted by atomic mass is 10.1. The number of aliphatic hydroxyl groups excluding tert-OH is 2. The maximum atomic E-state index is 12.7. The SMILES string of the molecule is CC(C)NC(=O)N(OC(=O)C(F)(F)F)c1ccc(C[C@@H](CO)NC[C@H](O)COc2ccccc2)cc1. The molecule has 36 heavy (non-hydrogen) atoms. The number of hydrogen-bond acceptors (Lipinski definition) is 7. The minimum atomic E-state index is -5.28. The molecule has 0 radical (unpaired) electrons. The molecule has 0 bridgehead atoms. The summed E-state index contributed by atoms with van der Waals surface area (Å²) in [5.41, 5.74) is 0.572. The van der Waals surface area contributed by atoms with Crippen molar-refractivity contribution in [3.63, 3.8) is 0 Å². The lowest BCUT2D eigenvalue weighted by molar-refractivity contribution is -0.199. The third-order valence-electron chi connectivity index (χ3n) is 4.70. The van der Waals surface area contributed by atoms with Crippen molar-refractivity contribution in [3.05, 3.63) is 60.2 Å². The van der Waals surface area contributed by atoms with E-state index in [1.807, 2.05) is 18.2 Å². The van der Waals surface area contributed by atoms with Gasteiger partial charge in [-0.05, 0) is 50.1 Å². The van der Waals surface area contributed by atoms with Gasteiger partial charge < -0.3 is 30.4 Å². The Morgan fingerprint density at radius 3 is 2.25 bits per heavy atom. The Labute approximate surface area is 206 Å². The Morgan fingerprint density at radius 1 is 1.06 bits per heavy atom. The van der Waals surface area contributed by atoms with Gasteiger partial charge in [0.15, 0.2) is 0 Å². The Balaban J connectivity index is 1.97. The quantitative estimate of drug-likeness (QED) is 0.341. The number of nitrogens with one attached hydrogen (secondary N) is 2. The molecule has 0 heterocycles. The maximum absolute atomic E-state index is 12.7. The van der Waals surface area contributed by atoms with Crippen molar-refractivity contribution < 1.29 is 42.5 Å². The summed E-state index contributed by atoms with van der Waals surface area (Å²) in [6.07, 6.45) is -5.81. The second-order valence-electron chi connectivity index (χ2n) is 8.21. The number of alkyl halides is 3. The molecule has 0 aromatic heterocycles. The van der Waals surface area contributed by atoms with Crippen LogP contribution in [0.15, 0.2) is 54.6 Å². The number of halogens is 3. The van der Waals surface area contributed by atoms with Crippen molar-refractivity contribution in [2.75, 3.05) is 24.8 Å². The third kappa shape index (κ3) is 9.72. The van der Waals surface area contributed by atoms with Gasteiger partial charge in [0.25, 0.3) is 0 Å². The summed E-state index contributed by atoms with van der Waals surface area (Å²) in [7, 11) is 0. The zero-order chi connectivity index (χ0) is 26.7. The van der Waals surface area contributed by atoms with Gasteiger partial charge in [0.05, 0.1) is 12.3 Å². The molecule has 4 N–H and O–H groups in total. The predicted molar refractivity (Wildman–Crippen MR) is 125 cm³/mol. The van der Waals surface area contributed by atoms with E-state index in [1.165, 1.54) is 24.3 Å². The summed E-state index contributed by atoms with van der Waals surface area (Å²) < 4.78 is 43.5. The summed E-state index contributed by atoms with van der Waals surface area (Å²) in [6, 6.07) is 12.7. The Morgan fingerprint density at radius 2 is 1.69 bits per heavy atom. The first kappa shape index (κ1) is 28.9. The second kappa shape index (κ2) is 13.7. The van der Waals surface area contributed by atoms with Gasteiger partial charge in [0.1, 0.15) is 18.5 Å². The van der Waals surface area contributed by atoms with E-state index >= 15 is 0 Å². The average molecular weight is 514 g/mol. The number of carbonyl (C=O) groups is 2. The molecule has 198 valence electrons. The smallest absolute Gasteiger partial charge is 0.491 e. The topological polar surface area (TPSA) is 120 Å². The van der Waals surface area contributed by atoms with Gasteiger partial charge in [0, 0.05) is 18.6 Å². The van der Waals surface area contributed by atoms with E-state index in [4.69, 9.17) is 4.74 Å². The van der Waals surface area contributed by atoms with E-state index in [0.29, 0.717) is 17.7 Å². The van der Waals surface area contributed by atoms with Crippen LogP contribution in [0.3, 0.4) is 0 Å². The van der Waals surface area contributed by atoms with Gasteiger partial charge >= 0.3 is 18.2 Å². The number of amides is 2. The molecule has 2 aromatic rings. The van der Waals surface area contributed by atoms with Crippen molar-refractivity contribution in [2.24, 2.45) is 0 Å². The van der Waals surface area contributed by atoms with E-state index in [0.717, 1.165) is 0 Å². The summed E-state index contributed by atoms with van der Waals surface area (Å²) in [5.74, 6) is -1.92. The van der Waals surface area contributed by atoms with Gasteiger partial charge in [-0.1, -0.05) is 30.3 Å². The first-order chi connectivity index (χ1) is 17.0. The highest BCUT2D eigenvalue weighted by molar-refractivity contribution is 5.92. The summed E-state index contributed by atoms with van der Waals surface area (Å²) in [5, 5.41) is 25.4. The molecule has 0 fully saturated rings. The molecule has 0 unspecified atom stereocenters. The van der Waals surface area contributed by atoms with Crippen molar-refractivity contribution >= 4 is 17.7 Å². The van der Waals surface area contributed by atoms with Crippen molar-refractivity contribution in [2.45, 2.75) is 44.6 Å². The minimum Gasteiger partial charge on any atom is -0.491 e. The van der Waals surface area contributed by atoms with E-state index in [-0.39, 0.29) is 30.5 Å². The van der Waals surface area contributed by atoms with Crippen molar-refractivity contribution in [1.82, 2.24) is 10.6 Å². The summed E-state index contributed by atoms with van der Waals surface area (Å²) in [6.45, 7) is 3.14. The molecule has 2 amide bonds. The normalized spacial score (nSPS) is 13.1. The minimum absolute atomic E-state index is 0.0504. The van der Waals surface area contributed by atoms with E-state index in [9.17, 15) is 33.0 Å². The first-order valence-corrected chi connectivity index (χ1v) is 11.2. The van der Waals surface area contributed by atoms with Crippen molar-refractivity contribution in [3.8, 4) is 5.75 Å². The molecule has 0 aliphatic heterocycles. The van der Waals surface area contributed by atoms with Crippen LogP contribution in [0.4, 0.5) is 23.7 Å². The van der Waals surface area contributed by atoms with Crippen LogP contribution in [0.1, 0.15) is 19.4 Å². The molecule has 2 rings (SSSR count). The molecule has 2 atom stereocenters. The lowest BCUT2D eigenvalue weighted by Gasteiger charge is -2.23. The zero-order valence-corrected chi connectivity index (χ0v) is 19.9. The lowest BCUT2D eigenvalue weighted by Crippen LogP contribution is -2.46. The molecule has 9 nitrogen and oxygen atoms in total. The predicted octanol–water partition coefficient (Wildman–Crippen LogP) is 2.56. The monoisotopic (exact) mass is 513 g/mol. The summed E-state index contributed by atoms with van der Waals surface area (Å²) in [4.78, 5) is 27.9. The molecule has 0 spiro atoms. The fraction of sp³-hybridized carbons (Fsp3) is 0.417. The maximum Gasteiger partial charge on any atom is 0.493 e. The number of para-hydroxylation sites is 1. The number of hydrogen-bond donors (Lipinski definition) is 4. The number of rotatable bonds is 11. The van der Waals surface area contributed by atoms with Gasteiger partial charge in [-0.25, -0.2) is 9.59 Å². The van der Waals surface area contributed by atoms with Crippen LogP contribution in [0.5, 0.6) is 5.75 Å². The largest absolute Gasteiger partial charge is 0.493 e. The van der Waals surface area contributed by atoms with Gasteiger partial charge in [-0.2, -0.15) is 13.2 Å². The number of benzene rings is 2. The molecule has 0 saturated carbocycles. The van der Waals surface area contributed by atoms with Crippen LogP contribution >= 0.6 is 0 Å². The Kier molecular flexibility index (Phi) is 11.0.